The SMILES string of the molecule is COC(=O)[C@@H](N)CS[C@@H](C)c1ccccc1. The average molecular weight is 239 g/mol. The number of hydrogen-bond acceptors (Lipinski definition) is 4. The van der Waals surface area contributed by atoms with E-state index in [9.17, 15) is 4.79 Å². The molecule has 2 atom stereocenters. The van der Waals surface area contributed by atoms with E-state index in [-0.39, 0.29) is 5.97 Å². The molecule has 1 rings (SSSR count). The lowest BCUT2D eigenvalue weighted by Gasteiger charge is -2.14. The van der Waals surface area contributed by atoms with Gasteiger partial charge in [0.05, 0.1) is 7.11 Å². The van der Waals surface area contributed by atoms with Crippen molar-refractivity contribution in [1.82, 2.24) is 0 Å². The van der Waals surface area contributed by atoms with Crippen LogP contribution in [0.3, 0.4) is 0 Å². The van der Waals surface area contributed by atoms with E-state index in [0.717, 1.165) is 0 Å². The number of hydrogen-bond donors (Lipinski definition) is 1. The topological polar surface area (TPSA) is 52.3 Å². The Balaban J connectivity index is 2.41. The summed E-state index contributed by atoms with van der Waals surface area (Å²) in [6.45, 7) is 2.10. The zero-order valence-corrected chi connectivity index (χ0v) is 10.4. The number of thioether (sulfide) groups is 1. The molecule has 0 fully saturated rings. The third kappa shape index (κ3) is 3.87. The Kier molecular flexibility index (Phi) is 5.35. The minimum Gasteiger partial charge on any atom is -0.468 e. The van der Waals surface area contributed by atoms with Gasteiger partial charge in [-0.25, -0.2) is 0 Å². The number of esters is 1. The molecule has 0 radical (unpaired) electrons. The molecule has 0 saturated heterocycles. The fraction of sp³-hybridized carbons (Fsp3) is 0.417. The van der Waals surface area contributed by atoms with E-state index in [1.54, 1.807) is 11.8 Å². The van der Waals surface area contributed by atoms with E-state index in [2.05, 4.69) is 23.8 Å². The van der Waals surface area contributed by atoms with Gasteiger partial charge in [-0.3, -0.25) is 4.79 Å². The lowest BCUT2D eigenvalue weighted by atomic mass is 10.2. The molecule has 0 unspecified atom stereocenters. The Labute approximate surface area is 100 Å². The monoisotopic (exact) mass is 239 g/mol. The highest BCUT2D eigenvalue weighted by atomic mass is 32.2. The molecule has 0 aliphatic carbocycles. The number of carbonyl (C=O) groups is 1. The van der Waals surface area contributed by atoms with E-state index in [0.29, 0.717) is 11.0 Å². The summed E-state index contributed by atoms with van der Waals surface area (Å²) in [5.41, 5.74) is 6.90. The third-order valence-electron chi connectivity index (χ3n) is 2.30. The first-order valence-electron chi connectivity index (χ1n) is 5.15. The van der Waals surface area contributed by atoms with Crippen LogP contribution in [0.25, 0.3) is 0 Å². The summed E-state index contributed by atoms with van der Waals surface area (Å²) < 4.78 is 4.57. The second-order valence-corrected chi connectivity index (χ2v) is 4.89. The van der Waals surface area contributed by atoms with Crippen LogP contribution in [0.2, 0.25) is 0 Å². The van der Waals surface area contributed by atoms with Crippen LogP contribution in [0, 0.1) is 0 Å². The maximum atomic E-state index is 11.1. The smallest absolute Gasteiger partial charge is 0.323 e. The van der Waals surface area contributed by atoms with Crippen LogP contribution in [-0.4, -0.2) is 24.9 Å². The second-order valence-electron chi connectivity index (χ2n) is 3.52. The summed E-state index contributed by atoms with van der Waals surface area (Å²) in [7, 11) is 1.35. The molecule has 0 aliphatic heterocycles. The highest BCUT2D eigenvalue weighted by Crippen LogP contribution is 2.27. The van der Waals surface area contributed by atoms with Crippen LogP contribution in [0.15, 0.2) is 30.3 Å². The number of rotatable bonds is 5. The van der Waals surface area contributed by atoms with Gasteiger partial charge in [0.15, 0.2) is 0 Å². The molecule has 16 heavy (non-hydrogen) atoms. The summed E-state index contributed by atoms with van der Waals surface area (Å²) in [5, 5.41) is 0.330. The fourth-order valence-corrected chi connectivity index (χ4v) is 2.27. The number of benzene rings is 1. The number of methoxy groups -OCH3 is 1. The highest BCUT2D eigenvalue weighted by molar-refractivity contribution is 7.99. The normalized spacial score (nSPS) is 14.2. The van der Waals surface area contributed by atoms with Gasteiger partial charge in [0.2, 0.25) is 0 Å². The molecule has 4 heteroatoms. The van der Waals surface area contributed by atoms with Gasteiger partial charge in [-0.1, -0.05) is 30.3 Å². The van der Waals surface area contributed by atoms with E-state index in [4.69, 9.17) is 5.73 Å². The molecule has 88 valence electrons. The van der Waals surface area contributed by atoms with Gasteiger partial charge in [-0.2, -0.15) is 11.8 Å². The molecule has 0 bridgehead atoms. The van der Waals surface area contributed by atoms with Gasteiger partial charge in [0, 0.05) is 11.0 Å². The van der Waals surface area contributed by atoms with Gasteiger partial charge in [-0.05, 0) is 12.5 Å². The molecule has 0 saturated carbocycles. The zero-order valence-electron chi connectivity index (χ0n) is 9.55. The lowest BCUT2D eigenvalue weighted by Crippen LogP contribution is -2.34. The van der Waals surface area contributed by atoms with Crippen molar-refractivity contribution in [2.75, 3.05) is 12.9 Å². The quantitative estimate of drug-likeness (QED) is 0.798. The van der Waals surface area contributed by atoms with Crippen molar-refractivity contribution in [3.8, 4) is 0 Å². The minimum absolute atomic E-state index is 0.330. The molecule has 0 spiro atoms. The predicted molar refractivity (Wildman–Crippen MR) is 67.3 cm³/mol. The van der Waals surface area contributed by atoms with Crippen LogP contribution in [0.5, 0.6) is 0 Å². The van der Waals surface area contributed by atoms with Gasteiger partial charge < -0.3 is 10.5 Å². The molecule has 0 heterocycles. The molecule has 1 aromatic rings. The van der Waals surface area contributed by atoms with Crippen molar-refractivity contribution in [3.63, 3.8) is 0 Å². The number of ether oxygens (including phenoxy) is 1. The summed E-state index contributed by atoms with van der Waals surface area (Å²) in [6, 6.07) is 9.60. The second kappa shape index (κ2) is 6.55. The Morgan fingerprint density at radius 2 is 2.06 bits per heavy atom. The van der Waals surface area contributed by atoms with Crippen molar-refractivity contribution in [1.29, 1.82) is 0 Å². The van der Waals surface area contributed by atoms with Crippen molar-refractivity contribution >= 4 is 17.7 Å². The average Bonchev–Trinajstić information content (AvgIpc) is 2.35. The maximum absolute atomic E-state index is 11.1. The summed E-state index contributed by atoms with van der Waals surface area (Å²) in [6.07, 6.45) is 0. The summed E-state index contributed by atoms with van der Waals surface area (Å²) >= 11 is 1.66. The van der Waals surface area contributed by atoms with E-state index in [1.165, 1.54) is 12.7 Å². The Morgan fingerprint density at radius 3 is 2.62 bits per heavy atom. The van der Waals surface area contributed by atoms with E-state index >= 15 is 0 Å². The molecular formula is C12H17NO2S. The van der Waals surface area contributed by atoms with Crippen LogP contribution in [-0.2, 0) is 9.53 Å². The highest BCUT2D eigenvalue weighted by Gasteiger charge is 2.15. The zero-order chi connectivity index (χ0) is 12.0. The van der Waals surface area contributed by atoms with Crippen molar-refractivity contribution < 1.29 is 9.53 Å². The van der Waals surface area contributed by atoms with Gasteiger partial charge in [0.25, 0.3) is 0 Å². The van der Waals surface area contributed by atoms with Crippen molar-refractivity contribution in [2.45, 2.75) is 18.2 Å². The summed E-state index contributed by atoms with van der Waals surface area (Å²) in [5.74, 6) is 0.218. The van der Waals surface area contributed by atoms with Crippen molar-refractivity contribution in [3.05, 3.63) is 35.9 Å². The first-order valence-corrected chi connectivity index (χ1v) is 6.20. The standard InChI is InChI=1S/C12H17NO2S/c1-9(10-6-4-3-5-7-10)16-8-11(13)12(14)15-2/h3-7,9,11H,8,13H2,1-2H3/t9-,11-/m0/s1. The van der Waals surface area contributed by atoms with E-state index < -0.39 is 6.04 Å². The number of nitrogens with two attached hydrogens (primary N) is 1. The van der Waals surface area contributed by atoms with Gasteiger partial charge in [0.1, 0.15) is 6.04 Å². The molecule has 2 N–H and O–H groups in total. The van der Waals surface area contributed by atoms with Crippen LogP contribution in [0.1, 0.15) is 17.7 Å². The predicted octanol–water partition coefficient (Wildman–Crippen LogP) is 1.98. The molecule has 3 nitrogen and oxygen atoms in total. The summed E-state index contributed by atoms with van der Waals surface area (Å²) in [4.78, 5) is 11.1. The maximum Gasteiger partial charge on any atom is 0.323 e. The third-order valence-corrected chi connectivity index (χ3v) is 3.62. The van der Waals surface area contributed by atoms with E-state index in [1.807, 2.05) is 18.2 Å². The van der Waals surface area contributed by atoms with Gasteiger partial charge in [-0.15, -0.1) is 0 Å². The molecule has 0 aromatic heterocycles. The molecular weight excluding hydrogens is 222 g/mol. The Morgan fingerprint density at radius 1 is 1.44 bits per heavy atom. The minimum atomic E-state index is -0.541. The number of carbonyl (C=O) groups excluding carboxylic acids is 1. The molecule has 1 aromatic carbocycles. The Hall–Kier alpha value is -1.00. The largest absolute Gasteiger partial charge is 0.468 e. The van der Waals surface area contributed by atoms with Crippen LogP contribution in [0.4, 0.5) is 0 Å². The lowest BCUT2D eigenvalue weighted by molar-refractivity contribution is -0.141. The fourth-order valence-electron chi connectivity index (χ4n) is 1.29. The van der Waals surface area contributed by atoms with Crippen molar-refractivity contribution in [2.24, 2.45) is 5.73 Å². The first kappa shape index (κ1) is 13.1. The Bertz CT molecular complexity index is 329. The van der Waals surface area contributed by atoms with Crippen LogP contribution < -0.4 is 5.73 Å². The van der Waals surface area contributed by atoms with Crippen LogP contribution >= 0.6 is 11.8 Å². The van der Waals surface area contributed by atoms with Gasteiger partial charge >= 0.3 is 5.97 Å². The molecule has 0 amide bonds. The molecule has 0 aliphatic rings. The first-order chi connectivity index (χ1) is 7.65.